The zero-order valence-corrected chi connectivity index (χ0v) is 17.1. The second-order valence-electron chi connectivity index (χ2n) is 6.72. The molecule has 0 radical (unpaired) electrons. The van der Waals surface area contributed by atoms with Crippen LogP contribution in [0.3, 0.4) is 0 Å². The fourth-order valence-corrected chi connectivity index (χ4v) is 3.16. The van der Waals surface area contributed by atoms with Crippen LogP contribution in [0.4, 0.5) is 0 Å². The molecule has 3 rings (SSSR count). The minimum absolute atomic E-state index is 0.0423. The van der Waals surface area contributed by atoms with Crippen molar-refractivity contribution in [2.75, 3.05) is 7.05 Å². The van der Waals surface area contributed by atoms with Crippen molar-refractivity contribution in [3.05, 3.63) is 82.1 Å². The number of halogens is 1. The van der Waals surface area contributed by atoms with E-state index in [2.05, 4.69) is 5.10 Å². The molecule has 0 bridgehead atoms. The molecule has 0 aliphatic rings. The first-order valence-corrected chi connectivity index (χ1v) is 9.59. The molecule has 6 heteroatoms. The number of aromatic nitrogens is 2. The van der Waals surface area contributed by atoms with Gasteiger partial charge < -0.3 is 9.64 Å². The predicted octanol–water partition coefficient (Wildman–Crippen LogP) is 4.72. The number of rotatable bonds is 7. The van der Waals surface area contributed by atoms with E-state index in [0.29, 0.717) is 29.5 Å². The van der Waals surface area contributed by atoms with Crippen LogP contribution in [0.2, 0.25) is 5.02 Å². The predicted molar refractivity (Wildman–Crippen MR) is 111 cm³/mol. The van der Waals surface area contributed by atoms with E-state index in [1.807, 2.05) is 67.1 Å². The highest BCUT2D eigenvalue weighted by atomic mass is 35.5. The molecule has 0 unspecified atom stereocenters. The molecule has 2 aromatic carbocycles. The lowest BCUT2D eigenvalue weighted by Crippen LogP contribution is -2.27. The highest BCUT2D eigenvalue weighted by Crippen LogP contribution is 2.26. The van der Waals surface area contributed by atoms with Gasteiger partial charge in [-0.1, -0.05) is 29.8 Å². The first kappa shape index (κ1) is 20.0. The highest BCUT2D eigenvalue weighted by molar-refractivity contribution is 6.32. The van der Waals surface area contributed by atoms with Crippen LogP contribution < -0.4 is 4.74 Å². The maximum absolute atomic E-state index is 12.8. The molecule has 28 heavy (non-hydrogen) atoms. The quantitative estimate of drug-likeness (QED) is 0.579. The maximum atomic E-state index is 12.8. The highest BCUT2D eigenvalue weighted by Gasteiger charge is 2.14. The Bertz CT molecular complexity index is 968. The number of hydrogen-bond acceptors (Lipinski definition) is 3. The molecule has 146 valence electrons. The standard InChI is InChI=1S/C22H24ClN3O2/c1-4-26-19(10-11-24-26)14-25(3)22(27)18-7-5-6-17(13-18)15-28-21-12-16(2)8-9-20(21)23/h5-13H,4,14-15H2,1-3H3. The molecule has 1 heterocycles. The Morgan fingerprint density at radius 1 is 1.21 bits per heavy atom. The zero-order valence-electron chi connectivity index (χ0n) is 16.4. The van der Waals surface area contributed by atoms with Gasteiger partial charge in [0.05, 0.1) is 17.3 Å². The lowest BCUT2D eigenvalue weighted by atomic mass is 10.1. The number of ether oxygens (including phenoxy) is 1. The summed E-state index contributed by atoms with van der Waals surface area (Å²) in [4.78, 5) is 14.5. The number of benzene rings is 2. The molecular weight excluding hydrogens is 374 g/mol. The van der Waals surface area contributed by atoms with Crippen molar-refractivity contribution >= 4 is 17.5 Å². The summed E-state index contributed by atoms with van der Waals surface area (Å²) in [6.45, 7) is 5.65. The molecule has 0 saturated carbocycles. The second kappa shape index (κ2) is 8.93. The molecule has 0 atom stereocenters. The van der Waals surface area contributed by atoms with E-state index in [-0.39, 0.29) is 5.91 Å². The Morgan fingerprint density at radius 3 is 2.82 bits per heavy atom. The first-order valence-electron chi connectivity index (χ1n) is 9.22. The van der Waals surface area contributed by atoms with Gasteiger partial charge in [0.1, 0.15) is 12.4 Å². The van der Waals surface area contributed by atoms with Crippen molar-refractivity contribution in [1.82, 2.24) is 14.7 Å². The van der Waals surface area contributed by atoms with Crippen molar-refractivity contribution in [3.8, 4) is 5.75 Å². The third-order valence-corrected chi connectivity index (χ3v) is 4.82. The Hall–Kier alpha value is -2.79. The smallest absolute Gasteiger partial charge is 0.253 e. The zero-order chi connectivity index (χ0) is 20.1. The molecular formula is C22H24ClN3O2. The molecule has 5 nitrogen and oxygen atoms in total. The molecule has 3 aromatic rings. The van der Waals surface area contributed by atoms with Gasteiger partial charge in [-0.25, -0.2) is 0 Å². The molecule has 0 fully saturated rings. The van der Waals surface area contributed by atoms with Crippen LogP contribution in [-0.2, 0) is 19.7 Å². The molecule has 0 spiro atoms. The number of nitrogens with zero attached hydrogens (tertiary/aromatic N) is 3. The monoisotopic (exact) mass is 397 g/mol. The van der Waals surface area contributed by atoms with Crippen molar-refractivity contribution in [2.45, 2.75) is 33.5 Å². The van der Waals surface area contributed by atoms with Gasteiger partial charge in [-0.15, -0.1) is 0 Å². The van der Waals surface area contributed by atoms with Crippen LogP contribution in [0, 0.1) is 6.92 Å². The van der Waals surface area contributed by atoms with Gasteiger partial charge in [0, 0.05) is 25.4 Å². The van der Waals surface area contributed by atoms with Crippen LogP contribution in [0.5, 0.6) is 5.75 Å². The minimum Gasteiger partial charge on any atom is -0.487 e. The summed E-state index contributed by atoms with van der Waals surface area (Å²) in [5.41, 5.74) is 3.63. The largest absolute Gasteiger partial charge is 0.487 e. The number of carbonyl (C=O) groups is 1. The number of hydrogen-bond donors (Lipinski definition) is 0. The summed E-state index contributed by atoms with van der Waals surface area (Å²) in [5, 5.41) is 4.83. The van der Waals surface area contributed by atoms with Gasteiger partial charge in [0.25, 0.3) is 5.91 Å². The van der Waals surface area contributed by atoms with E-state index in [1.54, 1.807) is 18.1 Å². The molecule has 0 aliphatic heterocycles. The van der Waals surface area contributed by atoms with Gasteiger partial charge in [0.2, 0.25) is 0 Å². The lowest BCUT2D eigenvalue weighted by molar-refractivity contribution is 0.0781. The third-order valence-electron chi connectivity index (χ3n) is 4.50. The van der Waals surface area contributed by atoms with Crippen LogP contribution >= 0.6 is 11.6 Å². The third kappa shape index (κ3) is 4.73. The van der Waals surface area contributed by atoms with Gasteiger partial charge in [-0.3, -0.25) is 9.48 Å². The SMILES string of the molecule is CCn1nccc1CN(C)C(=O)c1cccc(COc2cc(C)ccc2Cl)c1. The normalized spacial score (nSPS) is 10.7. The Kier molecular flexibility index (Phi) is 6.37. The Balaban J connectivity index is 1.68. The topological polar surface area (TPSA) is 47.4 Å². The fraction of sp³-hybridized carbons (Fsp3) is 0.273. The van der Waals surface area contributed by atoms with Crippen LogP contribution in [0.1, 0.15) is 34.1 Å². The second-order valence-corrected chi connectivity index (χ2v) is 7.13. The van der Waals surface area contributed by atoms with Gasteiger partial charge in [-0.05, 0) is 55.3 Å². The number of amides is 1. The van der Waals surface area contributed by atoms with E-state index in [0.717, 1.165) is 23.4 Å². The van der Waals surface area contributed by atoms with E-state index in [9.17, 15) is 4.79 Å². The molecule has 1 aromatic heterocycles. The lowest BCUT2D eigenvalue weighted by Gasteiger charge is -2.18. The summed E-state index contributed by atoms with van der Waals surface area (Å²) in [6.07, 6.45) is 1.76. The number of carbonyl (C=O) groups excluding carboxylic acids is 1. The summed E-state index contributed by atoms with van der Waals surface area (Å²) in [6, 6.07) is 15.1. The average molecular weight is 398 g/mol. The van der Waals surface area contributed by atoms with Crippen molar-refractivity contribution in [3.63, 3.8) is 0 Å². The average Bonchev–Trinajstić information content (AvgIpc) is 3.15. The van der Waals surface area contributed by atoms with Crippen LogP contribution in [0.25, 0.3) is 0 Å². The fourth-order valence-electron chi connectivity index (χ4n) is 2.99. The molecule has 0 N–H and O–H groups in total. The summed E-state index contributed by atoms with van der Waals surface area (Å²) in [7, 11) is 1.80. The van der Waals surface area contributed by atoms with Crippen molar-refractivity contribution < 1.29 is 9.53 Å². The molecule has 0 aliphatic carbocycles. The van der Waals surface area contributed by atoms with E-state index in [1.165, 1.54) is 0 Å². The summed E-state index contributed by atoms with van der Waals surface area (Å²) < 4.78 is 7.73. The molecule has 0 saturated heterocycles. The summed E-state index contributed by atoms with van der Waals surface area (Å²) in [5.74, 6) is 0.600. The van der Waals surface area contributed by atoms with E-state index < -0.39 is 0 Å². The first-order chi connectivity index (χ1) is 13.5. The van der Waals surface area contributed by atoms with Crippen LogP contribution in [0.15, 0.2) is 54.7 Å². The minimum atomic E-state index is -0.0423. The van der Waals surface area contributed by atoms with E-state index >= 15 is 0 Å². The van der Waals surface area contributed by atoms with Crippen molar-refractivity contribution in [1.29, 1.82) is 0 Å². The van der Waals surface area contributed by atoms with Gasteiger partial charge in [0.15, 0.2) is 0 Å². The maximum Gasteiger partial charge on any atom is 0.253 e. The molecule has 1 amide bonds. The number of aryl methyl sites for hydroxylation is 2. The van der Waals surface area contributed by atoms with Crippen LogP contribution in [-0.4, -0.2) is 27.6 Å². The van der Waals surface area contributed by atoms with Gasteiger partial charge >= 0.3 is 0 Å². The summed E-state index contributed by atoms with van der Waals surface area (Å²) >= 11 is 6.19. The Morgan fingerprint density at radius 2 is 2.04 bits per heavy atom. The van der Waals surface area contributed by atoms with Gasteiger partial charge in [-0.2, -0.15) is 5.10 Å². The Labute approximate surface area is 170 Å². The van der Waals surface area contributed by atoms with E-state index in [4.69, 9.17) is 16.3 Å². The van der Waals surface area contributed by atoms with Crippen molar-refractivity contribution in [2.24, 2.45) is 0 Å².